The second-order valence-corrected chi connectivity index (χ2v) is 8.92. The minimum atomic E-state index is -0.133. The highest BCUT2D eigenvalue weighted by Crippen LogP contribution is 2.23. The molecule has 4 rings (SSSR count). The molecule has 7 heteroatoms. The van der Waals surface area contributed by atoms with Crippen molar-refractivity contribution in [2.45, 2.75) is 40.3 Å². The van der Waals surface area contributed by atoms with Crippen LogP contribution in [0.25, 0.3) is 6.08 Å². The number of carbonyl (C=O) groups is 1. The zero-order valence-corrected chi connectivity index (χ0v) is 20.5. The van der Waals surface area contributed by atoms with E-state index in [4.69, 9.17) is 9.15 Å². The highest BCUT2D eigenvalue weighted by atomic mass is 16.5. The number of hydrogen-bond acceptors (Lipinski definition) is 5. The number of rotatable bonds is 8. The molecule has 3 aromatic rings. The first kappa shape index (κ1) is 24.0. The summed E-state index contributed by atoms with van der Waals surface area (Å²) in [6, 6.07) is 12.4. The Hall–Kier alpha value is -3.16. The summed E-state index contributed by atoms with van der Waals surface area (Å²) in [5.41, 5.74) is 5.37. The molecule has 2 aromatic heterocycles. The van der Waals surface area contributed by atoms with Crippen LogP contribution in [0.5, 0.6) is 0 Å². The number of aryl methyl sites for hydroxylation is 3. The predicted octanol–water partition coefficient (Wildman–Crippen LogP) is 3.96. The fourth-order valence-electron chi connectivity index (χ4n) is 4.32. The van der Waals surface area contributed by atoms with Gasteiger partial charge < -0.3 is 14.5 Å². The van der Waals surface area contributed by atoms with Crippen LogP contribution in [0.4, 0.5) is 0 Å². The van der Waals surface area contributed by atoms with E-state index < -0.39 is 0 Å². The summed E-state index contributed by atoms with van der Waals surface area (Å²) in [7, 11) is 0. The Morgan fingerprint density at radius 1 is 1.09 bits per heavy atom. The maximum absolute atomic E-state index is 12.7. The van der Waals surface area contributed by atoms with E-state index >= 15 is 0 Å². The van der Waals surface area contributed by atoms with E-state index in [-0.39, 0.29) is 11.9 Å². The summed E-state index contributed by atoms with van der Waals surface area (Å²) in [4.78, 5) is 15.0. The molecule has 0 radical (unpaired) electrons. The zero-order chi connectivity index (χ0) is 24.1. The predicted molar refractivity (Wildman–Crippen MR) is 133 cm³/mol. The summed E-state index contributed by atoms with van der Waals surface area (Å²) in [6.45, 7) is 12.2. The molecule has 34 heavy (non-hydrogen) atoms. The quantitative estimate of drug-likeness (QED) is 0.513. The van der Waals surface area contributed by atoms with Gasteiger partial charge in [0.15, 0.2) is 0 Å². The van der Waals surface area contributed by atoms with Gasteiger partial charge in [0.1, 0.15) is 11.5 Å². The van der Waals surface area contributed by atoms with Gasteiger partial charge in [-0.25, -0.2) is 0 Å². The minimum absolute atomic E-state index is 0.0179. The van der Waals surface area contributed by atoms with Crippen LogP contribution in [0.2, 0.25) is 0 Å². The van der Waals surface area contributed by atoms with Gasteiger partial charge in [-0.2, -0.15) is 5.10 Å². The molecule has 1 aromatic carbocycles. The molecule has 0 saturated carbocycles. The number of hydrogen-bond donors (Lipinski definition) is 1. The highest BCUT2D eigenvalue weighted by molar-refractivity contribution is 5.92. The van der Waals surface area contributed by atoms with Crippen molar-refractivity contribution in [2.24, 2.45) is 0 Å². The van der Waals surface area contributed by atoms with Crippen molar-refractivity contribution in [1.29, 1.82) is 0 Å². The molecule has 0 bridgehead atoms. The van der Waals surface area contributed by atoms with Crippen molar-refractivity contribution in [3.8, 4) is 0 Å². The monoisotopic (exact) mass is 462 g/mol. The molecule has 3 heterocycles. The number of aromatic nitrogens is 2. The Kier molecular flexibility index (Phi) is 7.65. The summed E-state index contributed by atoms with van der Waals surface area (Å²) in [5.74, 6) is 1.60. The largest absolute Gasteiger partial charge is 0.465 e. The standard InChI is InChI=1S/C27H34N4O3/c1-19-5-8-23(9-6-19)18-31-22(4)24(21(3)29-31)10-12-27(32)28-17-25(26-11-7-20(2)34-26)30-13-15-33-16-14-30/h5-12,25H,13-18H2,1-4H3,(H,28,32)/b12-10+. The van der Waals surface area contributed by atoms with Crippen LogP contribution in [0, 0.1) is 27.7 Å². The second kappa shape index (κ2) is 10.8. The Morgan fingerprint density at radius 3 is 2.50 bits per heavy atom. The zero-order valence-electron chi connectivity index (χ0n) is 20.5. The van der Waals surface area contributed by atoms with E-state index in [0.717, 1.165) is 41.6 Å². The maximum Gasteiger partial charge on any atom is 0.244 e. The van der Waals surface area contributed by atoms with E-state index in [1.807, 2.05) is 43.7 Å². The highest BCUT2D eigenvalue weighted by Gasteiger charge is 2.25. The van der Waals surface area contributed by atoms with Crippen LogP contribution < -0.4 is 5.32 Å². The van der Waals surface area contributed by atoms with Gasteiger partial charge in [0.25, 0.3) is 0 Å². The number of furan rings is 1. The fourth-order valence-corrected chi connectivity index (χ4v) is 4.32. The second-order valence-electron chi connectivity index (χ2n) is 8.92. The van der Waals surface area contributed by atoms with E-state index in [0.29, 0.717) is 26.3 Å². The van der Waals surface area contributed by atoms with Crippen LogP contribution in [-0.2, 0) is 16.1 Å². The lowest BCUT2D eigenvalue weighted by Crippen LogP contribution is -2.43. The first-order valence-corrected chi connectivity index (χ1v) is 11.8. The van der Waals surface area contributed by atoms with Crippen molar-refractivity contribution in [2.75, 3.05) is 32.8 Å². The number of morpholine rings is 1. The van der Waals surface area contributed by atoms with Crippen molar-refractivity contribution < 1.29 is 13.9 Å². The molecule has 1 atom stereocenters. The van der Waals surface area contributed by atoms with E-state index in [1.54, 1.807) is 6.08 Å². The molecule has 7 nitrogen and oxygen atoms in total. The minimum Gasteiger partial charge on any atom is -0.465 e. The van der Waals surface area contributed by atoms with Crippen molar-refractivity contribution in [1.82, 2.24) is 20.0 Å². The summed E-state index contributed by atoms with van der Waals surface area (Å²) in [5, 5.41) is 7.74. The third-order valence-corrected chi connectivity index (χ3v) is 6.34. The lowest BCUT2D eigenvalue weighted by atomic mass is 10.1. The van der Waals surface area contributed by atoms with Crippen LogP contribution >= 0.6 is 0 Å². The van der Waals surface area contributed by atoms with Crippen LogP contribution in [-0.4, -0.2) is 53.4 Å². The van der Waals surface area contributed by atoms with Gasteiger partial charge in [0.2, 0.25) is 5.91 Å². The van der Waals surface area contributed by atoms with Gasteiger partial charge in [0, 0.05) is 37.0 Å². The summed E-state index contributed by atoms with van der Waals surface area (Å²) >= 11 is 0. The van der Waals surface area contributed by atoms with Gasteiger partial charge in [-0.3, -0.25) is 14.4 Å². The molecule has 1 saturated heterocycles. The summed E-state index contributed by atoms with van der Waals surface area (Å²) < 4.78 is 13.4. The Morgan fingerprint density at radius 2 is 1.82 bits per heavy atom. The van der Waals surface area contributed by atoms with Gasteiger partial charge in [-0.05, 0) is 51.5 Å². The Bertz CT molecular complexity index is 1140. The van der Waals surface area contributed by atoms with Gasteiger partial charge in [-0.15, -0.1) is 0 Å². The first-order chi connectivity index (χ1) is 16.4. The topological polar surface area (TPSA) is 72.5 Å². The van der Waals surface area contributed by atoms with E-state index in [9.17, 15) is 4.79 Å². The van der Waals surface area contributed by atoms with Crippen LogP contribution in [0.3, 0.4) is 0 Å². The molecule has 0 aliphatic carbocycles. The molecule has 1 unspecified atom stereocenters. The molecule has 1 fully saturated rings. The normalized spacial score (nSPS) is 15.6. The number of benzene rings is 1. The van der Waals surface area contributed by atoms with Crippen molar-refractivity contribution >= 4 is 12.0 Å². The van der Waals surface area contributed by atoms with Gasteiger partial charge in [0.05, 0.1) is 31.5 Å². The van der Waals surface area contributed by atoms with E-state index in [2.05, 4.69) is 46.5 Å². The van der Waals surface area contributed by atoms with Crippen LogP contribution in [0.1, 0.15) is 45.6 Å². The lowest BCUT2D eigenvalue weighted by molar-refractivity contribution is -0.116. The number of amides is 1. The molecular weight excluding hydrogens is 428 g/mol. The Labute approximate surface area is 201 Å². The van der Waals surface area contributed by atoms with Crippen LogP contribution in [0.15, 0.2) is 46.9 Å². The molecule has 1 amide bonds. The summed E-state index contributed by atoms with van der Waals surface area (Å²) in [6.07, 6.45) is 3.45. The van der Waals surface area contributed by atoms with Crippen molar-refractivity contribution in [3.05, 3.63) is 82.1 Å². The molecular formula is C27H34N4O3. The fraction of sp³-hybridized carbons (Fsp3) is 0.407. The molecule has 1 aliphatic heterocycles. The molecule has 180 valence electrons. The van der Waals surface area contributed by atoms with Gasteiger partial charge in [-0.1, -0.05) is 29.8 Å². The third-order valence-electron chi connectivity index (χ3n) is 6.34. The van der Waals surface area contributed by atoms with Crippen molar-refractivity contribution in [3.63, 3.8) is 0 Å². The molecule has 1 N–H and O–H groups in total. The number of nitrogens with zero attached hydrogens (tertiary/aromatic N) is 3. The van der Waals surface area contributed by atoms with E-state index in [1.165, 1.54) is 11.1 Å². The molecule has 1 aliphatic rings. The maximum atomic E-state index is 12.7. The van der Waals surface area contributed by atoms with Gasteiger partial charge >= 0.3 is 0 Å². The average molecular weight is 463 g/mol. The number of ether oxygens (including phenoxy) is 1. The smallest absolute Gasteiger partial charge is 0.244 e. The lowest BCUT2D eigenvalue weighted by Gasteiger charge is -2.33. The number of carbonyl (C=O) groups excluding carboxylic acids is 1. The number of nitrogens with one attached hydrogen (secondary N) is 1. The first-order valence-electron chi connectivity index (χ1n) is 11.8. The SMILES string of the molecule is Cc1ccc(Cn2nc(C)c(/C=C/C(=O)NCC(c3ccc(C)o3)N3CCOCC3)c2C)cc1. The molecule has 0 spiro atoms. The third kappa shape index (κ3) is 5.85. The Balaban J connectivity index is 1.40. The average Bonchev–Trinajstić information content (AvgIpc) is 3.37.